The SMILES string of the molecule is COCOc1cc(Br)cc(OC)c1O. The lowest BCUT2D eigenvalue weighted by Gasteiger charge is -2.10. The van der Waals surface area contributed by atoms with Crippen molar-refractivity contribution in [3.63, 3.8) is 0 Å². The van der Waals surface area contributed by atoms with Crippen molar-refractivity contribution in [2.75, 3.05) is 21.0 Å². The maximum Gasteiger partial charge on any atom is 0.200 e. The zero-order chi connectivity index (χ0) is 10.6. The fourth-order valence-corrected chi connectivity index (χ4v) is 1.35. The molecule has 0 amide bonds. The Morgan fingerprint density at radius 3 is 2.50 bits per heavy atom. The number of hydrogen-bond donors (Lipinski definition) is 1. The van der Waals surface area contributed by atoms with E-state index in [1.807, 2.05) is 0 Å². The zero-order valence-corrected chi connectivity index (χ0v) is 9.50. The van der Waals surface area contributed by atoms with Crippen LogP contribution in [0.4, 0.5) is 0 Å². The van der Waals surface area contributed by atoms with Gasteiger partial charge < -0.3 is 19.3 Å². The molecule has 78 valence electrons. The number of rotatable bonds is 4. The average Bonchev–Trinajstić information content (AvgIpc) is 2.18. The third-order valence-corrected chi connectivity index (χ3v) is 2.01. The molecule has 1 rings (SSSR count). The van der Waals surface area contributed by atoms with Crippen molar-refractivity contribution in [2.24, 2.45) is 0 Å². The van der Waals surface area contributed by atoms with Crippen LogP contribution in [0, 0.1) is 0 Å². The molecule has 0 fully saturated rings. The molecule has 0 aliphatic rings. The van der Waals surface area contributed by atoms with Crippen molar-refractivity contribution in [1.82, 2.24) is 0 Å². The minimum absolute atomic E-state index is 0.0345. The molecule has 0 saturated carbocycles. The van der Waals surface area contributed by atoms with Gasteiger partial charge in [0.25, 0.3) is 0 Å². The third-order valence-electron chi connectivity index (χ3n) is 1.56. The van der Waals surface area contributed by atoms with Crippen LogP contribution in [0.25, 0.3) is 0 Å². The third kappa shape index (κ3) is 2.52. The van der Waals surface area contributed by atoms with Crippen LogP contribution in [0.15, 0.2) is 16.6 Å². The number of methoxy groups -OCH3 is 2. The maximum atomic E-state index is 9.61. The predicted octanol–water partition coefficient (Wildman–Crippen LogP) is 2.15. The summed E-state index contributed by atoms with van der Waals surface area (Å²) in [4.78, 5) is 0. The Balaban J connectivity index is 2.96. The fourth-order valence-electron chi connectivity index (χ4n) is 0.938. The molecule has 0 aromatic heterocycles. The summed E-state index contributed by atoms with van der Waals surface area (Å²) in [5, 5.41) is 9.61. The van der Waals surface area contributed by atoms with Gasteiger partial charge in [0.1, 0.15) is 0 Å². The summed E-state index contributed by atoms with van der Waals surface area (Å²) in [5.74, 6) is 0.635. The summed E-state index contributed by atoms with van der Waals surface area (Å²) in [6, 6.07) is 3.28. The number of ether oxygens (including phenoxy) is 3. The molecule has 5 heteroatoms. The van der Waals surface area contributed by atoms with Crippen molar-refractivity contribution in [3.8, 4) is 17.2 Å². The summed E-state index contributed by atoms with van der Waals surface area (Å²) in [7, 11) is 2.98. The first-order valence-corrected chi connectivity index (χ1v) is 4.66. The Labute approximate surface area is 90.5 Å². The van der Waals surface area contributed by atoms with Gasteiger partial charge in [0, 0.05) is 11.6 Å². The second-order valence-corrected chi connectivity index (χ2v) is 3.42. The molecule has 0 heterocycles. The van der Waals surface area contributed by atoms with Gasteiger partial charge >= 0.3 is 0 Å². The summed E-state index contributed by atoms with van der Waals surface area (Å²) >= 11 is 3.27. The van der Waals surface area contributed by atoms with Gasteiger partial charge in [-0.15, -0.1) is 0 Å². The Bertz CT molecular complexity index is 314. The summed E-state index contributed by atoms with van der Waals surface area (Å²) in [5.41, 5.74) is 0. The lowest BCUT2D eigenvalue weighted by Crippen LogP contribution is -1.99. The average molecular weight is 263 g/mol. The predicted molar refractivity (Wildman–Crippen MR) is 54.9 cm³/mol. The van der Waals surface area contributed by atoms with Crippen molar-refractivity contribution in [3.05, 3.63) is 16.6 Å². The highest BCUT2D eigenvalue weighted by atomic mass is 79.9. The molecule has 0 saturated heterocycles. The number of hydrogen-bond acceptors (Lipinski definition) is 4. The molecule has 14 heavy (non-hydrogen) atoms. The van der Waals surface area contributed by atoms with Crippen molar-refractivity contribution in [1.29, 1.82) is 0 Å². The van der Waals surface area contributed by atoms with Gasteiger partial charge in [-0.05, 0) is 12.1 Å². The minimum Gasteiger partial charge on any atom is -0.502 e. The van der Waals surface area contributed by atoms with Crippen LogP contribution in [0.1, 0.15) is 0 Å². The second-order valence-electron chi connectivity index (χ2n) is 2.51. The van der Waals surface area contributed by atoms with Crippen LogP contribution >= 0.6 is 15.9 Å². The topological polar surface area (TPSA) is 47.9 Å². The lowest BCUT2D eigenvalue weighted by molar-refractivity contribution is 0.0489. The van der Waals surface area contributed by atoms with E-state index in [1.165, 1.54) is 14.2 Å². The lowest BCUT2D eigenvalue weighted by atomic mass is 10.3. The zero-order valence-electron chi connectivity index (χ0n) is 7.91. The molecule has 0 spiro atoms. The molecule has 0 radical (unpaired) electrons. The molecular formula is C9H11BrO4. The van der Waals surface area contributed by atoms with E-state index in [2.05, 4.69) is 15.9 Å². The van der Waals surface area contributed by atoms with E-state index in [0.29, 0.717) is 11.5 Å². The first kappa shape index (κ1) is 11.1. The summed E-state index contributed by atoms with van der Waals surface area (Å²) < 4.78 is 15.6. The van der Waals surface area contributed by atoms with Crippen LogP contribution in [0.3, 0.4) is 0 Å². The number of aromatic hydroxyl groups is 1. The molecule has 0 unspecified atom stereocenters. The quantitative estimate of drug-likeness (QED) is 0.845. The standard InChI is InChI=1S/C9H11BrO4/c1-12-5-14-8-4-6(10)3-7(13-2)9(8)11/h3-4,11H,5H2,1-2H3. The van der Waals surface area contributed by atoms with E-state index in [4.69, 9.17) is 14.2 Å². The van der Waals surface area contributed by atoms with Gasteiger partial charge in [-0.25, -0.2) is 0 Å². The largest absolute Gasteiger partial charge is 0.502 e. The monoisotopic (exact) mass is 262 g/mol. The molecular weight excluding hydrogens is 252 g/mol. The highest BCUT2D eigenvalue weighted by molar-refractivity contribution is 9.10. The van der Waals surface area contributed by atoms with E-state index in [-0.39, 0.29) is 12.5 Å². The van der Waals surface area contributed by atoms with Crippen LogP contribution in [0.2, 0.25) is 0 Å². The molecule has 1 aromatic carbocycles. The van der Waals surface area contributed by atoms with Crippen LogP contribution in [-0.4, -0.2) is 26.1 Å². The highest BCUT2D eigenvalue weighted by Gasteiger charge is 2.10. The molecule has 1 N–H and O–H groups in total. The van der Waals surface area contributed by atoms with Crippen molar-refractivity contribution in [2.45, 2.75) is 0 Å². The number of phenolic OH excluding ortho intramolecular Hbond substituents is 1. The van der Waals surface area contributed by atoms with Gasteiger partial charge in [-0.1, -0.05) is 15.9 Å². The molecule has 1 aromatic rings. The Morgan fingerprint density at radius 1 is 1.29 bits per heavy atom. The Morgan fingerprint density at radius 2 is 1.93 bits per heavy atom. The van der Waals surface area contributed by atoms with Gasteiger partial charge in [-0.2, -0.15) is 0 Å². The van der Waals surface area contributed by atoms with E-state index in [0.717, 1.165) is 4.47 Å². The smallest absolute Gasteiger partial charge is 0.200 e. The fraction of sp³-hybridized carbons (Fsp3) is 0.333. The first-order valence-electron chi connectivity index (χ1n) is 3.87. The minimum atomic E-state index is -0.0345. The van der Waals surface area contributed by atoms with Gasteiger partial charge in [0.2, 0.25) is 5.75 Å². The maximum absolute atomic E-state index is 9.61. The molecule has 0 aliphatic carbocycles. The highest BCUT2D eigenvalue weighted by Crippen LogP contribution is 2.38. The van der Waals surface area contributed by atoms with Crippen LogP contribution < -0.4 is 9.47 Å². The number of benzene rings is 1. The van der Waals surface area contributed by atoms with E-state index in [1.54, 1.807) is 12.1 Å². The van der Waals surface area contributed by atoms with Gasteiger partial charge in [-0.3, -0.25) is 0 Å². The normalized spacial score (nSPS) is 9.93. The van der Waals surface area contributed by atoms with E-state index < -0.39 is 0 Å². The number of phenols is 1. The van der Waals surface area contributed by atoms with E-state index >= 15 is 0 Å². The van der Waals surface area contributed by atoms with Crippen molar-refractivity contribution >= 4 is 15.9 Å². The molecule has 4 nitrogen and oxygen atoms in total. The summed E-state index contributed by atoms with van der Waals surface area (Å²) in [6.45, 7) is 0.0766. The van der Waals surface area contributed by atoms with Crippen molar-refractivity contribution < 1.29 is 19.3 Å². The second kappa shape index (κ2) is 5.07. The molecule has 0 atom stereocenters. The van der Waals surface area contributed by atoms with Gasteiger partial charge in [0.15, 0.2) is 18.3 Å². The Kier molecular flexibility index (Phi) is 4.03. The van der Waals surface area contributed by atoms with Crippen LogP contribution in [0.5, 0.6) is 17.2 Å². The van der Waals surface area contributed by atoms with Crippen LogP contribution in [-0.2, 0) is 4.74 Å². The van der Waals surface area contributed by atoms with Gasteiger partial charge in [0.05, 0.1) is 7.11 Å². The summed E-state index contributed by atoms with van der Waals surface area (Å²) in [6.07, 6.45) is 0. The van der Waals surface area contributed by atoms with E-state index in [9.17, 15) is 5.11 Å². The first-order chi connectivity index (χ1) is 6.69. The molecule has 0 bridgehead atoms. The number of halogens is 1. The molecule has 0 aliphatic heterocycles. The Hall–Kier alpha value is -0.940.